The summed E-state index contributed by atoms with van der Waals surface area (Å²) >= 11 is 5.97. The second-order valence-corrected chi connectivity index (χ2v) is 5.85. The molecule has 1 aromatic carbocycles. The third-order valence-corrected chi connectivity index (χ3v) is 4.04. The average molecular weight is 305 g/mol. The molecule has 0 aliphatic carbocycles. The largest absolute Gasteiger partial charge is 0.361 e. The molecule has 1 saturated heterocycles. The number of benzene rings is 1. The van der Waals surface area contributed by atoms with E-state index in [2.05, 4.69) is 5.16 Å². The molecule has 2 heterocycles. The minimum absolute atomic E-state index is 0.0362. The Kier molecular flexibility index (Phi) is 3.97. The van der Waals surface area contributed by atoms with Crippen molar-refractivity contribution in [3.05, 3.63) is 52.4 Å². The Morgan fingerprint density at radius 3 is 3.05 bits per heavy atom. The number of amides is 1. The fourth-order valence-corrected chi connectivity index (χ4v) is 3.05. The van der Waals surface area contributed by atoms with Crippen molar-refractivity contribution in [3.8, 4) is 0 Å². The first-order valence-corrected chi connectivity index (χ1v) is 7.48. The maximum Gasteiger partial charge on any atom is 0.227 e. The minimum Gasteiger partial charge on any atom is -0.361 e. The van der Waals surface area contributed by atoms with Gasteiger partial charge in [0.25, 0.3) is 0 Å². The maximum atomic E-state index is 12.5. The lowest BCUT2D eigenvalue weighted by molar-refractivity contribution is -0.131. The van der Waals surface area contributed by atoms with Gasteiger partial charge in [-0.1, -0.05) is 28.9 Å². The molecule has 4 nitrogen and oxygen atoms in total. The van der Waals surface area contributed by atoms with Crippen LogP contribution in [0.25, 0.3) is 0 Å². The second-order valence-electron chi connectivity index (χ2n) is 5.41. The highest BCUT2D eigenvalue weighted by Gasteiger charge is 2.31. The van der Waals surface area contributed by atoms with Crippen LogP contribution >= 0.6 is 11.6 Å². The van der Waals surface area contributed by atoms with E-state index in [0.717, 1.165) is 36.4 Å². The van der Waals surface area contributed by atoms with Crippen molar-refractivity contribution in [2.75, 3.05) is 6.54 Å². The Balaban J connectivity index is 1.74. The summed E-state index contributed by atoms with van der Waals surface area (Å²) in [4.78, 5) is 14.4. The maximum absolute atomic E-state index is 12.5. The molecular weight excluding hydrogens is 288 g/mol. The van der Waals surface area contributed by atoms with Gasteiger partial charge in [-0.2, -0.15) is 0 Å². The molecule has 1 atom stereocenters. The van der Waals surface area contributed by atoms with E-state index in [4.69, 9.17) is 16.1 Å². The van der Waals surface area contributed by atoms with E-state index in [-0.39, 0.29) is 11.9 Å². The summed E-state index contributed by atoms with van der Waals surface area (Å²) < 4.78 is 5.13. The number of carbonyl (C=O) groups is 1. The topological polar surface area (TPSA) is 46.3 Å². The van der Waals surface area contributed by atoms with E-state index in [9.17, 15) is 4.79 Å². The van der Waals surface area contributed by atoms with Gasteiger partial charge in [0.05, 0.1) is 12.5 Å². The molecule has 0 bridgehead atoms. The first kappa shape index (κ1) is 14.1. The van der Waals surface area contributed by atoms with E-state index in [1.165, 1.54) is 0 Å². The molecule has 0 spiro atoms. The molecule has 110 valence electrons. The molecule has 0 unspecified atom stereocenters. The number of aromatic nitrogens is 1. The van der Waals surface area contributed by atoms with Crippen molar-refractivity contribution in [2.45, 2.75) is 32.2 Å². The zero-order valence-corrected chi connectivity index (χ0v) is 12.6. The summed E-state index contributed by atoms with van der Waals surface area (Å²) in [5.74, 6) is 0.888. The lowest BCUT2D eigenvalue weighted by Gasteiger charge is -2.23. The van der Waals surface area contributed by atoms with Crippen LogP contribution in [0.2, 0.25) is 5.02 Å². The van der Waals surface area contributed by atoms with Gasteiger partial charge in [-0.05, 0) is 37.5 Å². The molecule has 3 rings (SSSR count). The molecule has 1 fully saturated rings. The molecule has 1 aromatic heterocycles. The molecule has 0 radical (unpaired) electrons. The number of hydrogen-bond donors (Lipinski definition) is 0. The van der Waals surface area contributed by atoms with E-state index in [1.807, 2.05) is 42.2 Å². The van der Waals surface area contributed by atoms with Gasteiger partial charge in [0.15, 0.2) is 0 Å². The van der Waals surface area contributed by atoms with Crippen LogP contribution in [0, 0.1) is 6.92 Å². The van der Waals surface area contributed by atoms with Crippen LogP contribution in [0.3, 0.4) is 0 Å². The second kappa shape index (κ2) is 5.90. The normalized spacial score (nSPS) is 18.2. The molecule has 5 heteroatoms. The summed E-state index contributed by atoms with van der Waals surface area (Å²) in [7, 11) is 0. The van der Waals surface area contributed by atoms with Gasteiger partial charge < -0.3 is 9.42 Å². The summed E-state index contributed by atoms with van der Waals surface area (Å²) in [6.45, 7) is 2.64. The van der Waals surface area contributed by atoms with Crippen LogP contribution in [-0.4, -0.2) is 22.5 Å². The molecule has 0 N–H and O–H groups in total. The predicted octanol–water partition coefficient (Wildman–Crippen LogP) is 3.54. The minimum atomic E-state index is 0.0362. The zero-order chi connectivity index (χ0) is 14.8. The van der Waals surface area contributed by atoms with Crippen LogP contribution in [0.1, 0.15) is 35.9 Å². The number of likely N-dealkylation sites (tertiary alicyclic amines) is 1. The van der Waals surface area contributed by atoms with E-state index in [0.29, 0.717) is 11.4 Å². The summed E-state index contributed by atoms with van der Waals surface area (Å²) in [5.41, 5.74) is 1.79. The molecular formula is C16H17ClN2O2. The smallest absolute Gasteiger partial charge is 0.227 e. The first-order valence-electron chi connectivity index (χ1n) is 7.10. The van der Waals surface area contributed by atoms with Gasteiger partial charge in [-0.15, -0.1) is 0 Å². The van der Waals surface area contributed by atoms with Gasteiger partial charge in [0.1, 0.15) is 11.5 Å². The number of aryl methyl sites for hydroxylation is 1. The Bertz CT molecular complexity index is 653. The van der Waals surface area contributed by atoms with Gasteiger partial charge in [0, 0.05) is 17.6 Å². The van der Waals surface area contributed by atoms with Gasteiger partial charge in [-0.25, -0.2) is 0 Å². The Hall–Kier alpha value is -1.81. The van der Waals surface area contributed by atoms with Gasteiger partial charge in [0.2, 0.25) is 5.91 Å². The lowest BCUT2D eigenvalue weighted by atomic mass is 10.1. The number of nitrogens with zero attached hydrogens (tertiary/aromatic N) is 2. The van der Waals surface area contributed by atoms with Gasteiger partial charge >= 0.3 is 0 Å². The fraction of sp³-hybridized carbons (Fsp3) is 0.375. The summed E-state index contributed by atoms with van der Waals surface area (Å²) in [6, 6.07) is 9.39. The van der Waals surface area contributed by atoms with Crippen LogP contribution in [-0.2, 0) is 11.2 Å². The third-order valence-electron chi connectivity index (χ3n) is 3.81. The van der Waals surface area contributed by atoms with E-state index < -0.39 is 0 Å². The standard InChI is InChI=1S/C16H17ClN2O2/c1-11-8-14(18-21-11)15-6-3-7-19(15)16(20)10-12-4-2-5-13(17)9-12/h2,4-5,8-9,15H,3,6-7,10H2,1H3/t15-/m1/s1. The Morgan fingerprint density at radius 2 is 2.33 bits per heavy atom. The van der Waals surface area contributed by atoms with E-state index >= 15 is 0 Å². The quantitative estimate of drug-likeness (QED) is 0.871. The van der Waals surface area contributed by atoms with Crippen molar-refractivity contribution in [3.63, 3.8) is 0 Å². The van der Waals surface area contributed by atoms with Crippen LogP contribution < -0.4 is 0 Å². The molecule has 1 aliphatic heterocycles. The Morgan fingerprint density at radius 1 is 1.48 bits per heavy atom. The molecule has 0 saturated carbocycles. The van der Waals surface area contributed by atoms with Crippen molar-refractivity contribution in [1.29, 1.82) is 0 Å². The molecule has 1 amide bonds. The van der Waals surface area contributed by atoms with Gasteiger partial charge in [-0.3, -0.25) is 4.79 Å². The van der Waals surface area contributed by atoms with Crippen LogP contribution in [0.5, 0.6) is 0 Å². The van der Waals surface area contributed by atoms with E-state index in [1.54, 1.807) is 0 Å². The van der Waals surface area contributed by atoms with Crippen LogP contribution in [0.4, 0.5) is 0 Å². The van der Waals surface area contributed by atoms with Crippen molar-refractivity contribution >= 4 is 17.5 Å². The van der Waals surface area contributed by atoms with Crippen LogP contribution in [0.15, 0.2) is 34.9 Å². The number of carbonyl (C=O) groups excluding carboxylic acids is 1. The number of rotatable bonds is 3. The average Bonchev–Trinajstić information content (AvgIpc) is 3.06. The lowest BCUT2D eigenvalue weighted by Crippen LogP contribution is -2.32. The number of hydrogen-bond acceptors (Lipinski definition) is 3. The van der Waals surface area contributed by atoms with Crippen molar-refractivity contribution in [2.24, 2.45) is 0 Å². The Labute approximate surface area is 128 Å². The highest BCUT2D eigenvalue weighted by Crippen LogP contribution is 2.32. The predicted molar refractivity (Wildman–Crippen MR) is 80.1 cm³/mol. The highest BCUT2D eigenvalue weighted by molar-refractivity contribution is 6.30. The summed E-state index contributed by atoms with van der Waals surface area (Å²) in [6.07, 6.45) is 2.30. The SMILES string of the molecule is Cc1cc([C@H]2CCCN2C(=O)Cc2cccc(Cl)c2)no1. The first-order chi connectivity index (χ1) is 10.1. The zero-order valence-electron chi connectivity index (χ0n) is 11.9. The molecule has 2 aromatic rings. The highest BCUT2D eigenvalue weighted by atomic mass is 35.5. The van der Waals surface area contributed by atoms with Crippen molar-refractivity contribution < 1.29 is 9.32 Å². The summed E-state index contributed by atoms with van der Waals surface area (Å²) in [5, 5.41) is 4.72. The molecule has 21 heavy (non-hydrogen) atoms. The third kappa shape index (κ3) is 3.10. The fourth-order valence-electron chi connectivity index (χ4n) is 2.84. The monoisotopic (exact) mass is 304 g/mol. The molecule has 1 aliphatic rings. The number of halogens is 1. The van der Waals surface area contributed by atoms with Crippen molar-refractivity contribution in [1.82, 2.24) is 10.1 Å².